The summed E-state index contributed by atoms with van der Waals surface area (Å²) in [5.41, 5.74) is 1.55. The van der Waals surface area contributed by atoms with Gasteiger partial charge in [-0.1, -0.05) is 24.3 Å². The van der Waals surface area contributed by atoms with Crippen molar-refractivity contribution in [1.29, 1.82) is 0 Å². The molecular formula is C17H19N3OS. The number of aliphatic hydroxyl groups is 1. The van der Waals surface area contributed by atoms with Crippen LogP contribution in [0.1, 0.15) is 18.1 Å². The number of nitrogens with zero attached hydrogens (tertiary/aromatic N) is 2. The molecule has 0 bridgehead atoms. The SMILES string of the molecule is CCN(c1nccs1)C1(c2ccccc2CO)C=CNC=C1. The van der Waals surface area contributed by atoms with Crippen molar-refractivity contribution >= 4 is 16.5 Å². The number of thiazole rings is 1. The van der Waals surface area contributed by atoms with Crippen LogP contribution in [-0.2, 0) is 12.1 Å². The predicted octanol–water partition coefficient (Wildman–Crippen LogP) is 2.99. The smallest absolute Gasteiger partial charge is 0.186 e. The van der Waals surface area contributed by atoms with Gasteiger partial charge in [0.1, 0.15) is 5.54 Å². The zero-order chi connectivity index (χ0) is 15.4. The van der Waals surface area contributed by atoms with Crippen molar-refractivity contribution in [3.05, 3.63) is 71.5 Å². The van der Waals surface area contributed by atoms with Gasteiger partial charge in [-0.3, -0.25) is 0 Å². The van der Waals surface area contributed by atoms with E-state index in [1.54, 1.807) is 11.3 Å². The topological polar surface area (TPSA) is 48.4 Å². The minimum atomic E-state index is -0.447. The number of likely N-dealkylation sites (N-methyl/N-ethyl adjacent to an activating group) is 1. The Morgan fingerprint density at radius 3 is 2.68 bits per heavy atom. The molecule has 0 saturated heterocycles. The third-order valence-electron chi connectivity index (χ3n) is 3.90. The third kappa shape index (κ3) is 2.42. The van der Waals surface area contributed by atoms with E-state index in [1.807, 2.05) is 42.2 Å². The molecule has 0 aliphatic carbocycles. The second-order valence-electron chi connectivity index (χ2n) is 5.03. The fourth-order valence-corrected chi connectivity index (χ4v) is 3.69. The van der Waals surface area contributed by atoms with Crippen LogP contribution in [0.2, 0.25) is 0 Å². The Bertz CT molecular complexity index is 667. The number of anilines is 1. The molecule has 1 aromatic carbocycles. The highest BCUT2D eigenvalue weighted by Crippen LogP contribution is 2.39. The summed E-state index contributed by atoms with van der Waals surface area (Å²) in [4.78, 5) is 6.73. The van der Waals surface area contributed by atoms with Crippen molar-refractivity contribution in [2.24, 2.45) is 0 Å². The highest BCUT2D eigenvalue weighted by atomic mass is 32.1. The van der Waals surface area contributed by atoms with Crippen LogP contribution in [0.5, 0.6) is 0 Å². The van der Waals surface area contributed by atoms with Gasteiger partial charge in [0.05, 0.1) is 6.61 Å². The summed E-state index contributed by atoms with van der Waals surface area (Å²) in [5, 5.41) is 15.8. The molecule has 3 rings (SSSR count). The summed E-state index contributed by atoms with van der Waals surface area (Å²) in [5.74, 6) is 0. The Hall–Kier alpha value is -2.11. The largest absolute Gasteiger partial charge is 0.392 e. The first-order valence-electron chi connectivity index (χ1n) is 7.29. The molecule has 114 valence electrons. The molecule has 0 radical (unpaired) electrons. The van der Waals surface area contributed by atoms with Gasteiger partial charge in [0.15, 0.2) is 5.13 Å². The van der Waals surface area contributed by atoms with Crippen molar-refractivity contribution in [1.82, 2.24) is 10.3 Å². The molecule has 2 aromatic rings. The molecule has 2 heterocycles. The van der Waals surface area contributed by atoms with Crippen molar-refractivity contribution in [2.45, 2.75) is 19.1 Å². The minimum absolute atomic E-state index is 0.0163. The average Bonchev–Trinajstić information content (AvgIpc) is 3.10. The summed E-state index contributed by atoms with van der Waals surface area (Å²) in [7, 11) is 0. The number of hydrogen-bond acceptors (Lipinski definition) is 5. The Morgan fingerprint density at radius 1 is 1.27 bits per heavy atom. The van der Waals surface area contributed by atoms with Crippen LogP contribution < -0.4 is 10.2 Å². The van der Waals surface area contributed by atoms with Gasteiger partial charge in [-0.25, -0.2) is 4.98 Å². The van der Waals surface area contributed by atoms with E-state index in [9.17, 15) is 5.11 Å². The van der Waals surface area contributed by atoms with Gasteiger partial charge >= 0.3 is 0 Å². The van der Waals surface area contributed by atoms with Crippen LogP contribution in [0, 0.1) is 0 Å². The van der Waals surface area contributed by atoms with Crippen molar-refractivity contribution < 1.29 is 5.11 Å². The molecule has 0 amide bonds. The van der Waals surface area contributed by atoms with Crippen LogP contribution in [0.25, 0.3) is 0 Å². The Kier molecular flexibility index (Phi) is 4.27. The summed E-state index contributed by atoms with van der Waals surface area (Å²) >= 11 is 1.62. The Labute approximate surface area is 134 Å². The Morgan fingerprint density at radius 2 is 2.05 bits per heavy atom. The van der Waals surface area contributed by atoms with E-state index in [4.69, 9.17) is 0 Å². The van der Waals surface area contributed by atoms with Gasteiger partial charge in [0, 0.05) is 18.1 Å². The molecule has 0 unspecified atom stereocenters. The molecule has 0 saturated carbocycles. The molecule has 0 fully saturated rings. The van der Waals surface area contributed by atoms with Gasteiger partial charge in [0.25, 0.3) is 0 Å². The molecule has 0 atom stereocenters. The molecule has 1 aromatic heterocycles. The summed E-state index contributed by atoms with van der Waals surface area (Å²) < 4.78 is 0. The maximum Gasteiger partial charge on any atom is 0.186 e. The first-order chi connectivity index (χ1) is 10.8. The van der Waals surface area contributed by atoms with E-state index < -0.39 is 5.54 Å². The van der Waals surface area contributed by atoms with Crippen LogP contribution in [-0.4, -0.2) is 16.6 Å². The fraction of sp³-hybridized carbons (Fsp3) is 0.235. The van der Waals surface area contributed by atoms with Gasteiger partial charge < -0.3 is 15.3 Å². The molecular weight excluding hydrogens is 294 g/mol. The van der Waals surface area contributed by atoms with Crippen LogP contribution in [0.4, 0.5) is 5.13 Å². The second-order valence-corrected chi connectivity index (χ2v) is 5.91. The van der Waals surface area contributed by atoms with Gasteiger partial charge in [-0.15, -0.1) is 11.3 Å². The van der Waals surface area contributed by atoms with E-state index in [-0.39, 0.29) is 6.61 Å². The maximum atomic E-state index is 9.75. The van der Waals surface area contributed by atoms with Gasteiger partial charge in [0.2, 0.25) is 0 Å². The van der Waals surface area contributed by atoms with E-state index in [2.05, 4.69) is 40.3 Å². The van der Waals surface area contributed by atoms with E-state index >= 15 is 0 Å². The monoisotopic (exact) mass is 313 g/mol. The summed E-state index contributed by atoms with van der Waals surface area (Å²) in [6.45, 7) is 2.94. The lowest BCUT2D eigenvalue weighted by Crippen LogP contribution is -2.45. The number of aliphatic hydroxyl groups excluding tert-OH is 1. The maximum absolute atomic E-state index is 9.75. The zero-order valence-electron chi connectivity index (χ0n) is 12.4. The number of nitrogens with one attached hydrogen (secondary N) is 1. The summed E-state index contributed by atoms with van der Waals surface area (Å²) in [6.07, 6.45) is 9.93. The highest BCUT2D eigenvalue weighted by Gasteiger charge is 2.37. The quantitative estimate of drug-likeness (QED) is 0.891. The number of aromatic nitrogens is 1. The second kappa shape index (κ2) is 6.34. The first-order valence-corrected chi connectivity index (χ1v) is 8.17. The molecule has 0 spiro atoms. The van der Waals surface area contributed by atoms with E-state index in [0.717, 1.165) is 22.8 Å². The number of hydrogen-bond donors (Lipinski definition) is 2. The number of rotatable bonds is 5. The first kappa shape index (κ1) is 14.8. The number of benzene rings is 1. The van der Waals surface area contributed by atoms with E-state index in [0.29, 0.717) is 0 Å². The van der Waals surface area contributed by atoms with Gasteiger partial charge in [-0.05, 0) is 42.6 Å². The third-order valence-corrected chi connectivity index (χ3v) is 4.69. The standard InChI is InChI=1S/C17H19N3OS/c1-2-20(16-19-11-12-22-16)17(7-9-18-10-8-17)15-6-4-3-5-14(15)13-21/h3-12,18,21H,2,13H2,1H3. The van der Waals surface area contributed by atoms with Gasteiger partial charge in [-0.2, -0.15) is 0 Å². The molecule has 22 heavy (non-hydrogen) atoms. The molecule has 1 aliphatic rings. The fourth-order valence-electron chi connectivity index (χ4n) is 2.92. The van der Waals surface area contributed by atoms with E-state index in [1.165, 1.54) is 0 Å². The highest BCUT2D eigenvalue weighted by molar-refractivity contribution is 7.13. The molecule has 4 nitrogen and oxygen atoms in total. The van der Waals surface area contributed by atoms with Crippen LogP contribution in [0.3, 0.4) is 0 Å². The number of dihydropyridines is 1. The lowest BCUT2D eigenvalue weighted by Gasteiger charge is -2.41. The molecule has 2 N–H and O–H groups in total. The van der Waals surface area contributed by atoms with Crippen LogP contribution in [0.15, 0.2) is 60.4 Å². The lowest BCUT2D eigenvalue weighted by atomic mass is 9.84. The molecule has 1 aliphatic heterocycles. The zero-order valence-corrected chi connectivity index (χ0v) is 13.3. The van der Waals surface area contributed by atoms with Crippen molar-refractivity contribution in [2.75, 3.05) is 11.4 Å². The van der Waals surface area contributed by atoms with Crippen molar-refractivity contribution in [3.63, 3.8) is 0 Å². The lowest BCUT2D eigenvalue weighted by molar-refractivity contribution is 0.279. The van der Waals surface area contributed by atoms with Crippen LogP contribution >= 0.6 is 11.3 Å². The predicted molar refractivity (Wildman–Crippen MR) is 90.6 cm³/mol. The average molecular weight is 313 g/mol. The normalized spacial score (nSPS) is 15.5. The Balaban J connectivity index is 2.19. The minimum Gasteiger partial charge on any atom is -0.392 e. The molecule has 5 heteroatoms. The summed E-state index contributed by atoms with van der Waals surface area (Å²) in [6, 6.07) is 8.00. The van der Waals surface area contributed by atoms with Crippen molar-refractivity contribution in [3.8, 4) is 0 Å².